The highest BCUT2D eigenvalue weighted by atomic mass is 16.7. The molecule has 0 aromatic carbocycles. The number of nitrogens with zero attached hydrogens (tertiary/aromatic N) is 1. The maximum Gasteiger partial charge on any atom is 0.412 e. The highest BCUT2D eigenvalue weighted by Crippen LogP contribution is 1.86. The summed E-state index contributed by atoms with van der Waals surface area (Å²) in [7, 11) is 3.08. The molecular weight excluding hydrogens is 150 g/mol. The monoisotopic (exact) mass is 161 g/mol. The summed E-state index contributed by atoms with van der Waals surface area (Å²) in [5, 5.41) is 0. The van der Waals surface area contributed by atoms with Gasteiger partial charge in [0.2, 0.25) is 6.79 Å². The lowest BCUT2D eigenvalue weighted by atomic mass is 10.8. The third kappa shape index (κ3) is 5.20. The van der Waals surface area contributed by atoms with Gasteiger partial charge in [0.25, 0.3) is 0 Å². The smallest absolute Gasteiger partial charge is 0.412 e. The largest absolute Gasteiger partial charge is 0.428 e. The molecule has 11 heavy (non-hydrogen) atoms. The van der Waals surface area contributed by atoms with Gasteiger partial charge in [-0.2, -0.15) is 0 Å². The number of amides is 1. The van der Waals surface area contributed by atoms with Gasteiger partial charge in [-0.25, -0.2) is 4.79 Å². The van der Waals surface area contributed by atoms with E-state index in [9.17, 15) is 9.59 Å². The standard InChI is InChI=1S/C6H11NO4/c1-5(8)10-4-11-6(9)7(2)3/h4H2,1-3H3. The van der Waals surface area contributed by atoms with E-state index in [0.29, 0.717) is 0 Å². The average Bonchev–Trinajstić information content (AvgIpc) is 1.86. The molecule has 5 nitrogen and oxygen atoms in total. The Morgan fingerprint density at radius 2 is 1.82 bits per heavy atom. The summed E-state index contributed by atoms with van der Waals surface area (Å²) < 4.78 is 8.81. The molecule has 0 radical (unpaired) electrons. The molecule has 0 aliphatic rings. The van der Waals surface area contributed by atoms with E-state index in [1.165, 1.54) is 25.9 Å². The van der Waals surface area contributed by atoms with E-state index < -0.39 is 12.1 Å². The molecule has 5 heteroatoms. The second-order valence-electron chi connectivity index (χ2n) is 2.06. The van der Waals surface area contributed by atoms with Crippen LogP contribution in [0.15, 0.2) is 0 Å². The van der Waals surface area contributed by atoms with Gasteiger partial charge in [-0.15, -0.1) is 0 Å². The molecule has 0 aromatic heterocycles. The Hall–Kier alpha value is -1.26. The van der Waals surface area contributed by atoms with E-state index in [-0.39, 0.29) is 6.79 Å². The summed E-state index contributed by atoms with van der Waals surface area (Å²) in [6, 6.07) is 0. The van der Waals surface area contributed by atoms with Crippen molar-refractivity contribution in [2.45, 2.75) is 6.92 Å². The molecule has 0 spiro atoms. The summed E-state index contributed by atoms with van der Waals surface area (Å²) in [5.41, 5.74) is 0. The highest BCUT2D eigenvalue weighted by molar-refractivity contribution is 5.68. The minimum Gasteiger partial charge on any atom is -0.428 e. The van der Waals surface area contributed by atoms with Crippen molar-refractivity contribution >= 4 is 12.1 Å². The summed E-state index contributed by atoms with van der Waals surface area (Å²) >= 11 is 0. The lowest BCUT2D eigenvalue weighted by Gasteiger charge is -2.09. The Balaban J connectivity index is 3.39. The number of hydrogen-bond acceptors (Lipinski definition) is 4. The predicted octanol–water partition coefficient (Wildman–Crippen LogP) is 0.205. The SMILES string of the molecule is CC(=O)OCOC(=O)N(C)C. The van der Waals surface area contributed by atoms with E-state index in [0.717, 1.165) is 0 Å². The van der Waals surface area contributed by atoms with Crippen molar-refractivity contribution in [1.82, 2.24) is 4.90 Å². The molecule has 0 unspecified atom stereocenters. The summed E-state index contributed by atoms with van der Waals surface area (Å²) in [6.07, 6.45) is -0.536. The zero-order chi connectivity index (χ0) is 8.85. The quantitative estimate of drug-likeness (QED) is 0.429. The van der Waals surface area contributed by atoms with E-state index in [4.69, 9.17) is 0 Å². The zero-order valence-electron chi connectivity index (χ0n) is 6.79. The highest BCUT2D eigenvalue weighted by Gasteiger charge is 2.03. The van der Waals surface area contributed by atoms with Gasteiger partial charge in [0.05, 0.1) is 0 Å². The van der Waals surface area contributed by atoms with Crippen LogP contribution < -0.4 is 0 Å². The fourth-order valence-electron chi connectivity index (χ4n) is 0.292. The van der Waals surface area contributed by atoms with Crippen molar-refractivity contribution in [3.8, 4) is 0 Å². The Morgan fingerprint density at radius 3 is 2.18 bits per heavy atom. The van der Waals surface area contributed by atoms with Gasteiger partial charge in [0, 0.05) is 21.0 Å². The molecule has 0 N–H and O–H groups in total. The first-order chi connectivity index (χ1) is 5.04. The van der Waals surface area contributed by atoms with Crippen molar-refractivity contribution in [3.05, 3.63) is 0 Å². The minimum absolute atomic E-state index is 0.327. The van der Waals surface area contributed by atoms with Crippen LogP contribution in [-0.4, -0.2) is 37.9 Å². The maximum absolute atomic E-state index is 10.6. The van der Waals surface area contributed by atoms with Crippen molar-refractivity contribution in [3.63, 3.8) is 0 Å². The van der Waals surface area contributed by atoms with E-state index in [2.05, 4.69) is 9.47 Å². The van der Waals surface area contributed by atoms with Crippen molar-refractivity contribution in [1.29, 1.82) is 0 Å². The van der Waals surface area contributed by atoms with Gasteiger partial charge in [-0.1, -0.05) is 0 Å². The van der Waals surface area contributed by atoms with Gasteiger partial charge in [-0.3, -0.25) is 4.79 Å². The molecule has 0 rings (SSSR count). The lowest BCUT2D eigenvalue weighted by molar-refractivity contribution is -0.149. The number of rotatable bonds is 2. The minimum atomic E-state index is -0.536. The third-order valence-electron chi connectivity index (χ3n) is 0.810. The van der Waals surface area contributed by atoms with Crippen LogP contribution in [0.1, 0.15) is 6.92 Å². The molecule has 0 saturated carbocycles. The third-order valence-corrected chi connectivity index (χ3v) is 0.810. The van der Waals surface area contributed by atoms with Gasteiger partial charge in [0.1, 0.15) is 0 Å². The fraction of sp³-hybridized carbons (Fsp3) is 0.667. The molecular formula is C6H11NO4. The van der Waals surface area contributed by atoms with Crippen LogP contribution >= 0.6 is 0 Å². The molecule has 0 aliphatic carbocycles. The number of carbonyl (C=O) groups is 2. The van der Waals surface area contributed by atoms with Crippen molar-refractivity contribution in [2.24, 2.45) is 0 Å². The number of esters is 1. The Morgan fingerprint density at radius 1 is 1.27 bits per heavy atom. The summed E-state index contributed by atoms with van der Waals surface area (Å²) in [6.45, 7) is 0.913. The van der Waals surface area contributed by atoms with Gasteiger partial charge in [-0.05, 0) is 0 Å². The van der Waals surface area contributed by atoms with Gasteiger partial charge < -0.3 is 14.4 Å². The topological polar surface area (TPSA) is 55.8 Å². The second-order valence-corrected chi connectivity index (χ2v) is 2.06. The molecule has 0 bridgehead atoms. The molecule has 0 aliphatic heterocycles. The summed E-state index contributed by atoms with van der Waals surface area (Å²) in [5.74, 6) is -0.475. The fourth-order valence-corrected chi connectivity index (χ4v) is 0.292. The summed E-state index contributed by atoms with van der Waals surface area (Å²) in [4.78, 5) is 22.0. The van der Waals surface area contributed by atoms with Crippen LogP contribution in [0.2, 0.25) is 0 Å². The Bertz CT molecular complexity index is 155. The van der Waals surface area contributed by atoms with Crippen LogP contribution in [0, 0.1) is 0 Å². The zero-order valence-corrected chi connectivity index (χ0v) is 6.79. The van der Waals surface area contributed by atoms with Crippen LogP contribution in [0.25, 0.3) is 0 Å². The molecule has 64 valence electrons. The first kappa shape index (κ1) is 9.74. The van der Waals surface area contributed by atoms with Crippen LogP contribution in [0.4, 0.5) is 4.79 Å². The molecule has 0 saturated heterocycles. The van der Waals surface area contributed by atoms with Crippen molar-refractivity contribution in [2.75, 3.05) is 20.9 Å². The van der Waals surface area contributed by atoms with Crippen LogP contribution in [0.3, 0.4) is 0 Å². The van der Waals surface area contributed by atoms with E-state index in [1.54, 1.807) is 0 Å². The molecule has 0 fully saturated rings. The van der Waals surface area contributed by atoms with Crippen molar-refractivity contribution < 1.29 is 19.1 Å². The van der Waals surface area contributed by atoms with E-state index >= 15 is 0 Å². The van der Waals surface area contributed by atoms with Crippen LogP contribution in [0.5, 0.6) is 0 Å². The molecule has 0 aromatic rings. The molecule has 0 heterocycles. The lowest BCUT2D eigenvalue weighted by Crippen LogP contribution is -2.24. The maximum atomic E-state index is 10.6. The first-order valence-corrected chi connectivity index (χ1v) is 3.01. The number of carbonyl (C=O) groups excluding carboxylic acids is 2. The number of ether oxygens (including phenoxy) is 2. The second kappa shape index (κ2) is 4.54. The normalized spacial score (nSPS) is 8.64. The predicted molar refractivity (Wildman–Crippen MR) is 36.8 cm³/mol. The Labute approximate surface area is 64.9 Å². The first-order valence-electron chi connectivity index (χ1n) is 3.01. The number of hydrogen-bond donors (Lipinski definition) is 0. The molecule has 1 amide bonds. The van der Waals surface area contributed by atoms with E-state index in [1.807, 2.05) is 0 Å². The van der Waals surface area contributed by atoms with Gasteiger partial charge in [0.15, 0.2) is 0 Å². The Kier molecular flexibility index (Phi) is 4.02. The average molecular weight is 161 g/mol. The van der Waals surface area contributed by atoms with Crippen LogP contribution in [-0.2, 0) is 14.3 Å². The van der Waals surface area contributed by atoms with Gasteiger partial charge >= 0.3 is 12.1 Å². The molecule has 0 atom stereocenters.